The van der Waals surface area contributed by atoms with E-state index in [2.05, 4.69) is 4.90 Å². The lowest BCUT2D eigenvalue weighted by Gasteiger charge is -2.36. The number of hydrogen-bond donors (Lipinski definition) is 2. The van der Waals surface area contributed by atoms with E-state index in [1.807, 2.05) is 12.1 Å². The van der Waals surface area contributed by atoms with Crippen LogP contribution in [0.15, 0.2) is 48.5 Å². The summed E-state index contributed by atoms with van der Waals surface area (Å²) in [5, 5.41) is 19.1. The van der Waals surface area contributed by atoms with Crippen molar-refractivity contribution in [1.29, 1.82) is 0 Å². The van der Waals surface area contributed by atoms with E-state index in [4.69, 9.17) is 0 Å². The first kappa shape index (κ1) is 14.3. The molecule has 1 heterocycles. The van der Waals surface area contributed by atoms with Crippen LogP contribution in [0.4, 0.5) is 5.69 Å². The smallest absolute Gasteiger partial charge is 0.257 e. The summed E-state index contributed by atoms with van der Waals surface area (Å²) < 4.78 is 0. The highest BCUT2D eigenvalue weighted by Crippen LogP contribution is 2.22. The number of amides is 1. The Kier molecular flexibility index (Phi) is 3.87. The van der Waals surface area contributed by atoms with Gasteiger partial charge in [0.1, 0.15) is 11.5 Å². The van der Waals surface area contributed by atoms with Crippen LogP contribution in [0.1, 0.15) is 10.4 Å². The van der Waals surface area contributed by atoms with E-state index >= 15 is 0 Å². The van der Waals surface area contributed by atoms with Crippen LogP contribution in [0.2, 0.25) is 0 Å². The summed E-state index contributed by atoms with van der Waals surface area (Å²) in [6, 6.07) is 13.7. The van der Waals surface area contributed by atoms with Gasteiger partial charge >= 0.3 is 0 Å². The van der Waals surface area contributed by atoms with Crippen LogP contribution in [0.3, 0.4) is 0 Å². The molecule has 0 aliphatic carbocycles. The van der Waals surface area contributed by atoms with Gasteiger partial charge in [0.2, 0.25) is 0 Å². The molecule has 0 saturated carbocycles. The van der Waals surface area contributed by atoms with Crippen molar-refractivity contribution in [3.05, 3.63) is 54.1 Å². The molecule has 2 aromatic carbocycles. The Morgan fingerprint density at radius 2 is 1.50 bits per heavy atom. The first-order chi connectivity index (χ1) is 10.6. The lowest BCUT2D eigenvalue weighted by atomic mass is 10.1. The Labute approximate surface area is 129 Å². The second kappa shape index (κ2) is 5.97. The normalized spacial score (nSPS) is 14.9. The summed E-state index contributed by atoms with van der Waals surface area (Å²) in [7, 11) is 0. The Morgan fingerprint density at radius 1 is 0.864 bits per heavy atom. The van der Waals surface area contributed by atoms with E-state index in [0.717, 1.165) is 18.8 Å². The summed E-state index contributed by atoms with van der Waals surface area (Å²) in [6.45, 7) is 2.66. The highest BCUT2D eigenvalue weighted by Gasteiger charge is 2.23. The van der Waals surface area contributed by atoms with Gasteiger partial charge in [-0.05, 0) is 36.4 Å². The summed E-state index contributed by atoms with van der Waals surface area (Å²) in [5.74, 6) is 0.133. The number of hydrogen-bond acceptors (Lipinski definition) is 4. The maximum Gasteiger partial charge on any atom is 0.257 e. The first-order valence-corrected chi connectivity index (χ1v) is 7.26. The molecule has 1 aliphatic rings. The number of aromatic hydroxyl groups is 2. The molecule has 5 nitrogen and oxygen atoms in total. The van der Waals surface area contributed by atoms with Crippen molar-refractivity contribution >= 4 is 11.6 Å². The molecule has 0 bridgehead atoms. The van der Waals surface area contributed by atoms with E-state index < -0.39 is 0 Å². The van der Waals surface area contributed by atoms with Crippen LogP contribution in [-0.4, -0.2) is 47.2 Å². The number of piperazine rings is 1. The monoisotopic (exact) mass is 298 g/mol. The van der Waals surface area contributed by atoms with Crippen molar-refractivity contribution in [3.63, 3.8) is 0 Å². The van der Waals surface area contributed by atoms with Gasteiger partial charge in [-0.25, -0.2) is 0 Å². The van der Waals surface area contributed by atoms with Crippen LogP contribution in [0, 0.1) is 0 Å². The quantitative estimate of drug-likeness (QED) is 0.891. The van der Waals surface area contributed by atoms with Crippen molar-refractivity contribution in [2.45, 2.75) is 0 Å². The molecular formula is C17H18N2O3. The molecule has 2 aromatic rings. The topological polar surface area (TPSA) is 64.0 Å². The second-order valence-electron chi connectivity index (χ2n) is 5.31. The van der Waals surface area contributed by atoms with Gasteiger partial charge in [0.05, 0.1) is 5.56 Å². The minimum Gasteiger partial charge on any atom is -0.508 e. The minimum atomic E-state index is -0.136. The van der Waals surface area contributed by atoms with Gasteiger partial charge in [-0.3, -0.25) is 4.79 Å². The van der Waals surface area contributed by atoms with Crippen LogP contribution >= 0.6 is 0 Å². The van der Waals surface area contributed by atoms with Gasteiger partial charge in [0.25, 0.3) is 5.91 Å². The van der Waals surface area contributed by atoms with Crippen LogP contribution in [0.25, 0.3) is 0 Å². The average molecular weight is 298 g/mol. The largest absolute Gasteiger partial charge is 0.508 e. The lowest BCUT2D eigenvalue weighted by Crippen LogP contribution is -2.48. The summed E-state index contributed by atoms with van der Waals surface area (Å²) in [5.41, 5.74) is 1.38. The van der Waals surface area contributed by atoms with Crippen molar-refractivity contribution in [1.82, 2.24) is 4.90 Å². The fraction of sp³-hybridized carbons (Fsp3) is 0.235. The van der Waals surface area contributed by atoms with Gasteiger partial charge in [0.15, 0.2) is 0 Å². The molecule has 1 fully saturated rings. The maximum atomic E-state index is 12.4. The van der Waals surface area contributed by atoms with Gasteiger partial charge in [-0.1, -0.05) is 12.1 Å². The van der Waals surface area contributed by atoms with Crippen molar-refractivity contribution in [2.75, 3.05) is 31.1 Å². The van der Waals surface area contributed by atoms with Gasteiger partial charge < -0.3 is 20.0 Å². The second-order valence-corrected chi connectivity index (χ2v) is 5.31. The number of para-hydroxylation sites is 1. The predicted molar refractivity (Wildman–Crippen MR) is 84.3 cm³/mol. The number of carbonyl (C=O) groups excluding carboxylic acids is 1. The molecule has 5 heteroatoms. The van der Waals surface area contributed by atoms with Gasteiger partial charge in [-0.15, -0.1) is 0 Å². The lowest BCUT2D eigenvalue weighted by molar-refractivity contribution is 0.0744. The molecule has 1 saturated heterocycles. The van der Waals surface area contributed by atoms with Crippen LogP contribution in [-0.2, 0) is 0 Å². The fourth-order valence-electron chi connectivity index (χ4n) is 2.66. The molecule has 22 heavy (non-hydrogen) atoms. The molecular weight excluding hydrogens is 280 g/mol. The Bertz CT molecular complexity index is 662. The molecule has 3 rings (SSSR count). The zero-order chi connectivity index (χ0) is 15.5. The highest BCUT2D eigenvalue weighted by molar-refractivity contribution is 5.96. The third kappa shape index (κ3) is 2.83. The summed E-state index contributed by atoms with van der Waals surface area (Å²) in [4.78, 5) is 16.4. The van der Waals surface area contributed by atoms with Crippen molar-refractivity contribution < 1.29 is 15.0 Å². The molecule has 1 aliphatic heterocycles. The van der Waals surface area contributed by atoms with Gasteiger partial charge in [-0.2, -0.15) is 0 Å². The SMILES string of the molecule is O=C(c1ccccc1O)N1CCN(c2ccc(O)cc2)CC1. The number of benzene rings is 2. The third-order valence-corrected chi connectivity index (χ3v) is 3.92. The molecule has 0 aromatic heterocycles. The van der Waals surface area contributed by atoms with Crippen LogP contribution in [0.5, 0.6) is 11.5 Å². The number of nitrogens with zero attached hydrogens (tertiary/aromatic N) is 2. The molecule has 2 N–H and O–H groups in total. The van der Waals surface area contributed by atoms with Crippen molar-refractivity contribution in [2.24, 2.45) is 0 Å². The van der Waals surface area contributed by atoms with E-state index in [1.54, 1.807) is 35.2 Å². The summed E-state index contributed by atoms with van der Waals surface area (Å²) in [6.07, 6.45) is 0. The van der Waals surface area contributed by atoms with E-state index in [9.17, 15) is 15.0 Å². The van der Waals surface area contributed by atoms with Gasteiger partial charge in [0, 0.05) is 31.9 Å². The molecule has 114 valence electrons. The Morgan fingerprint density at radius 3 is 2.14 bits per heavy atom. The molecule has 1 amide bonds. The number of anilines is 1. The Balaban J connectivity index is 1.65. The minimum absolute atomic E-state index is 0.0217. The van der Waals surface area contributed by atoms with E-state index in [1.165, 1.54) is 6.07 Å². The molecule has 0 unspecified atom stereocenters. The number of carbonyl (C=O) groups is 1. The highest BCUT2D eigenvalue weighted by atomic mass is 16.3. The predicted octanol–water partition coefficient (Wildman–Crippen LogP) is 2.06. The zero-order valence-corrected chi connectivity index (χ0v) is 12.1. The number of rotatable bonds is 2. The molecule has 0 atom stereocenters. The molecule has 0 spiro atoms. The third-order valence-electron chi connectivity index (χ3n) is 3.92. The number of phenolic OH excluding ortho intramolecular Hbond substituents is 2. The number of phenols is 2. The zero-order valence-electron chi connectivity index (χ0n) is 12.1. The Hall–Kier alpha value is -2.69. The summed E-state index contributed by atoms with van der Waals surface area (Å²) >= 11 is 0. The first-order valence-electron chi connectivity index (χ1n) is 7.26. The van der Waals surface area contributed by atoms with E-state index in [0.29, 0.717) is 18.7 Å². The van der Waals surface area contributed by atoms with Crippen molar-refractivity contribution in [3.8, 4) is 11.5 Å². The van der Waals surface area contributed by atoms with E-state index in [-0.39, 0.29) is 17.4 Å². The standard InChI is InChI=1S/C17H18N2O3/c20-14-7-5-13(6-8-14)18-9-11-19(12-10-18)17(22)15-3-1-2-4-16(15)21/h1-8,20-21H,9-12H2. The van der Waals surface area contributed by atoms with Crippen LogP contribution < -0.4 is 4.90 Å². The maximum absolute atomic E-state index is 12.4. The average Bonchev–Trinajstić information content (AvgIpc) is 2.56. The fourth-order valence-corrected chi connectivity index (χ4v) is 2.66. The molecule has 0 radical (unpaired) electrons.